The first-order valence-electron chi connectivity index (χ1n) is 6.14. The van der Waals surface area contributed by atoms with E-state index in [2.05, 4.69) is 32.5 Å². The van der Waals surface area contributed by atoms with E-state index < -0.39 is 0 Å². The van der Waals surface area contributed by atoms with E-state index in [0.29, 0.717) is 0 Å². The van der Waals surface area contributed by atoms with Crippen LogP contribution in [0.2, 0.25) is 0 Å². The monoisotopic (exact) mass is 246 g/mol. The summed E-state index contributed by atoms with van der Waals surface area (Å²) >= 11 is 0. The lowest BCUT2D eigenvalue weighted by atomic mass is 10.1. The molecule has 0 aliphatic carbocycles. The summed E-state index contributed by atoms with van der Waals surface area (Å²) in [6.07, 6.45) is 7.14. The van der Waals surface area contributed by atoms with Crippen molar-refractivity contribution in [2.24, 2.45) is 7.05 Å². The smallest absolute Gasteiger partial charge is 0.115 e. The molecule has 0 saturated heterocycles. The molecule has 1 atom stereocenters. The van der Waals surface area contributed by atoms with Crippen molar-refractivity contribution in [1.82, 2.24) is 30.3 Å². The Kier molecular flexibility index (Phi) is 4.35. The summed E-state index contributed by atoms with van der Waals surface area (Å²) in [5, 5.41) is 11.5. The molecule has 0 radical (unpaired) electrons. The van der Waals surface area contributed by atoms with E-state index in [0.717, 1.165) is 30.8 Å². The third-order valence-electron chi connectivity index (χ3n) is 2.67. The molecule has 0 aliphatic heterocycles. The van der Waals surface area contributed by atoms with E-state index >= 15 is 0 Å². The van der Waals surface area contributed by atoms with E-state index in [1.807, 2.05) is 19.3 Å². The minimum atomic E-state index is 0.157. The molecule has 2 aromatic heterocycles. The van der Waals surface area contributed by atoms with Gasteiger partial charge < -0.3 is 5.32 Å². The molecule has 2 aromatic rings. The van der Waals surface area contributed by atoms with Crippen LogP contribution in [0, 0.1) is 0 Å². The van der Waals surface area contributed by atoms with Gasteiger partial charge in [-0.2, -0.15) is 0 Å². The maximum Gasteiger partial charge on any atom is 0.115 e. The average molecular weight is 246 g/mol. The molecule has 1 N–H and O–H groups in total. The zero-order chi connectivity index (χ0) is 12.8. The lowest BCUT2D eigenvalue weighted by Gasteiger charge is -2.16. The number of hydrogen-bond donors (Lipinski definition) is 1. The molecule has 0 bridgehead atoms. The van der Waals surface area contributed by atoms with Gasteiger partial charge in [0.05, 0.1) is 17.4 Å². The van der Waals surface area contributed by atoms with Gasteiger partial charge >= 0.3 is 0 Å². The number of aromatic nitrogens is 5. The Balaban J connectivity index is 2.10. The molecule has 0 fully saturated rings. The SMILES string of the molecule is CCCNC(Cc1cn(C)nn1)c1ccncn1. The van der Waals surface area contributed by atoms with Gasteiger partial charge in [-0.15, -0.1) is 5.10 Å². The topological polar surface area (TPSA) is 68.5 Å². The standard InChI is InChI=1S/C12H18N6/c1-3-5-14-12(11-4-6-13-9-15-11)7-10-8-18(2)17-16-10/h4,6,8-9,12,14H,3,5,7H2,1-2H3. The molecule has 0 aromatic carbocycles. The first kappa shape index (κ1) is 12.6. The van der Waals surface area contributed by atoms with Crippen molar-refractivity contribution in [3.05, 3.63) is 36.2 Å². The van der Waals surface area contributed by atoms with Crippen LogP contribution in [0.3, 0.4) is 0 Å². The molecular formula is C12H18N6. The maximum atomic E-state index is 4.31. The van der Waals surface area contributed by atoms with E-state index in [9.17, 15) is 0 Å². The predicted octanol–water partition coefficient (Wildman–Crippen LogP) is 0.888. The van der Waals surface area contributed by atoms with Crippen LogP contribution in [0.5, 0.6) is 0 Å². The average Bonchev–Trinajstić information content (AvgIpc) is 2.81. The highest BCUT2D eigenvalue weighted by Gasteiger charge is 2.14. The van der Waals surface area contributed by atoms with Gasteiger partial charge in [0.15, 0.2) is 0 Å². The van der Waals surface area contributed by atoms with Gasteiger partial charge in [0, 0.05) is 25.9 Å². The fourth-order valence-corrected chi connectivity index (χ4v) is 1.80. The van der Waals surface area contributed by atoms with Crippen molar-refractivity contribution in [2.45, 2.75) is 25.8 Å². The Morgan fingerprint density at radius 2 is 2.33 bits per heavy atom. The van der Waals surface area contributed by atoms with Crippen molar-refractivity contribution in [3.63, 3.8) is 0 Å². The molecular weight excluding hydrogens is 228 g/mol. The second-order valence-electron chi connectivity index (χ2n) is 4.23. The van der Waals surface area contributed by atoms with Gasteiger partial charge in [-0.1, -0.05) is 12.1 Å². The maximum absolute atomic E-state index is 4.31. The normalized spacial score (nSPS) is 12.6. The molecule has 2 rings (SSSR count). The number of nitrogens with zero attached hydrogens (tertiary/aromatic N) is 5. The van der Waals surface area contributed by atoms with Gasteiger partial charge in [0.2, 0.25) is 0 Å². The highest BCUT2D eigenvalue weighted by molar-refractivity contribution is 5.09. The lowest BCUT2D eigenvalue weighted by molar-refractivity contribution is 0.512. The van der Waals surface area contributed by atoms with Crippen LogP contribution in [0.1, 0.15) is 30.8 Å². The van der Waals surface area contributed by atoms with Gasteiger partial charge in [0.25, 0.3) is 0 Å². The van der Waals surface area contributed by atoms with Crippen LogP contribution in [-0.2, 0) is 13.5 Å². The zero-order valence-corrected chi connectivity index (χ0v) is 10.7. The van der Waals surface area contributed by atoms with E-state index in [-0.39, 0.29) is 6.04 Å². The summed E-state index contributed by atoms with van der Waals surface area (Å²) in [5.41, 5.74) is 1.95. The number of nitrogens with one attached hydrogen (secondary N) is 1. The third kappa shape index (κ3) is 3.33. The molecule has 1 unspecified atom stereocenters. The van der Waals surface area contributed by atoms with Gasteiger partial charge in [-0.25, -0.2) is 9.97 Å². The van der Waals surface area contributed by atoms with Crippen molar-refractivity contribution in [3.8, 4) is 0 Å². The number of rotatable bonds is 6. The second-order valence-corrected chi connectivity index (χ2v) is 4.23. The van der Waals surface area contributed by atoms with Crippen molar-refractivity contribution >= 4 is 0 Å². The van der Waals surface area contributed by atoms with Crippen LogP contribution >= 0.6 is 0 Å². The van der Waals surface area contributed by atoms with Crippen LogP contribution in [0.15, 0.2) is 24.8 Å². The second kappa shape index (κ2) is 6.20. The fraction of sp³-hybridized carbons (Fsp3) is 0.500. The summed E-state index contributed by atoms with van der Waals surface area (Å²) in [7, 11) is 1.87. The Morgan fingerprint density at radius 1 is 1.44 bits per heavy atom. The van der Waals surface area contributed by atoms with Crippen molar-refractivity contribution in [2.75, 3.05) is 6.54 Å². The molecule has 6 nitrogen and oxygen atoms in total. The number of hydrogen-bond acceptors (Lipinski definition) is 5. The summed E-state index contributed by atoms with van der Waals surface area (Å²) in [4.78, 5) is 8.25. The zero-order valence-electron chi connectivity index (χ0n) is 10.7. The highest BCUT2D eigenvalue weighted by Crippen LogP contribution is 2.14. The molecule has 0 saturated carbocycles. The summed E-state index contributed by atoms with van der Waals surface area (Å²) in [6, 6.07) is 2.09. The predicted molar refractivity (Wildman–Crippen MR) is 67.8 cm³/mol. The molecule has 18 heavy (non-hydrogen) atoms. The lowest BCUT2D eigenvalue weighted by Crippen LogP contribution is -2.25. The van der Waals surface area contributed by atoms with Gasteiger partial charge in [-0.3, -0.25) is 4.68 Å². The van der Waals surface area contributed by atoms with Crippen LogP contribution < -0.4 is 5.32 Å². The quantitative estimate of drug-likeness (QED) is 0.819. The van der Waals surface area contributed by atoms with E-state index in [1.165, 1.54) is 0 Å². The Labute approximate surface area is 106 Å². The first-order chi connectivity index (χ1) is 8.79. The van der Waals surface area contributed by atoms with Crippen LogP contribution in [0.25, 0.3) is 0 Å². The Morgan fingerprint density at radius 3 is 2.94 bits per heavy atom. The molecule has 2 heterocycles. The highest BCUT2D eigenvalue weighted by atomic mass is 15.4. The minimum Gasteiger partial charge on any atom is -0.308 e. The van der Waals surface area contributed by atoms with Crippen LogP contribution in [0.4, 0.5) is 0 Å². The molecule has 0 aliphatic rings. The van der Waals surface area contributed by atoms with Crippen molar-refractivity contribution < 1.29 is 0 Å². The molecule has 0 amide bonds. The Hall–Kier alpha value is -1.82. The Bertz CT molecular complexity index is 466. The summed E-state index contributed by atoms with van der Waals surface area (Å²) < 4.78 is 1.71. The number of aryl methyl sites for hydroxylation is 1. The summed E-state index contributed by atoms with van der Waals surface area (Å²) in [6.45, 7) is 3.10. The molecule has 96 valence electrons. The fourth-order valence-electron chi connectivity index (χ4n) is 1.80. The third-order valence-corrected chi connectivity index (χ3v) is 2.67. The largest absolute Gasteiger partial charge is 0.308 e. The molecule has 0 spiro atoms. The minimum absolute atomic E-state index is 0.157. The van der Waals surface area contributed by atoms with Gasteiger partial charge in [-0.05, 0) is 19.0 Å². The first-order valence-corrected chi connectivity index (χ1v) is 6.14. The van der Waals surface area contributed by atoms with E-state index in [1.54, 1.807) is 17.2 Å². The van der Waals surface area contributed by atoms with Gasteiger partial charge in [0.1, 0.15) is 6.33 Å². The molecule has 6 heteroatoms. The van der Waals surface area contributed by atoms with Crippen LogP contribution in [-0.4, -0.2) is 31.5 Å². The summed E-state index contributed by atoms with van der Waals surface area (Å²) in [5.74, 6) is 0. The van der Waals surface area contributed by atoms with Crippen molar-refractivity contribution in [1.29, 1.82) is 0 Å². The van der Waals surface area contributed by atoms with E-state index in [4.69, 9.17) is 0 Å².